The number of rotatable bonds is 3. The number of nitrogens with zero attached hydrogens (tertiary/aromatic N) is 1. The molecule has 4 nitrogen and oxygen atoms in total. The molecular formula is C8H12N2O2. The lowest BCUT2D eigenvalue weighted by molar-refractivity contribution is -0.144. The Morgan fingerprint density at radius 3 is 2.83 bits per heavy atom. The van der Waals surface area contributed by atoms with Gasteiger partial charge in [-0.25, -0.2) is 5.48 Å². The van der Waals surface area contributed by atoms with E-state index in [2.05, 4.69) is 5.48 Å². The van der Waals surface area contributed by atoms with Crippen LogP contribution in [0.4, 0.5) is 0 Å². The van der Waals surface area contributed by atoms with Gasteiger partial charge in [0.25, 0.3) is 5.91 Å². The molecule has 0 spiro atoms. The Bertz CT molecular complexity index is 206. The third-order valence-corrected chi connectivity index (χ3v) is 1.97. The van der Waals surface area contributed by atoms with E-state index in [4.69, 9.17) is 10.1 Å². The van der Waals surface area contributed by atoms with Crippen molar-refractivity contribution in [3.8, 4) is 6.07 Å². The summed E-state index contributed by atoms with van der Waals surface area (Å²) in [5, 5.41) is 8.38. The molecule has 0 bridgehead atoms. The van der Waals surface area contributed by atoms with Crippen molar-refractivity contribution in [1.82, 2.24) is 5.48 Å². The molecule has 1 amide bonds. The molecule has 1 saturated carbocycles. The summed E-state index contributed by atoms with van der Waals surface area (Å²) >= 11 is 0. The van der Waals surface area contributed by atoms with Crippen LogP contribution in [0.3, 0.4) is 0 Å². The van der Waals surface area contributed by atoms with Crippen LogP contribution in [0.25, 0.3) is 0 Å². The monoisotopic (exact) mass is 168 g/mol. The van der Waals surface area contributed by atoms with E-state index >= 15 is 0 Å². The number of hydrogen-bond acceptors (Lipinski definition) is 3. The molecule has 0 radical (unpaired) electrons. The molecule has 1 unspecified atom stereocenters. The molecule has 1 aliphatic rings. The van der Waals surface area contributed by atoms with Crippen LogP contribution in [-0.4, -0.2) is 12.0 Å². The maximum atomic E-state index is 11.0. The summed E-state index contributed by atoms with van der Waals surface area (Å²) in [5.74, 6) is -0.991. The molecule has 1 atom stereocenters. The van der Waals surface area contributed by atoms with Crippen LogP contribution in [0, 0.1) is 17.2 Å². The van der Waals surface area contributed by atoms with Crippen molar-refractivity contribution in [3.05, 3.63) is 0 Å². The first kappa shape index (κ1) is 9.01. The minimum absolute atomic E-state index is 0.167. The quantitative estimate of drug-likeness (QED) is 0.632. The lowest BCUT2D eigenvalue weighted by atomic mass is 9.97. The van der Waals surface area contributed by atoms with Crippen LogP contribution in [-0.2, 0) is 9.63 Å². The number of nitriles is 1. The highest BCUT2D eigenvalue weighted by atomic mass is 16.7. The molecule has 0 saturated heterocycles. The molecule has 12 heavy (non-hydrogen) atoms. The molecule has 66 valence electrons. The summed E-state index contributed by atoms with van der Waals surface area (Å²) < 4.78 is 0. The van der Waals surface area contributed by atoms with Gasteiger partial charge in [-0.3, -0.25) is 9.63 Å². The molecule has 0 aromatic rings. The fourth-order valence-corrected chi connectivity index (χ4v) is 0.777. The average Bonchev–Trinajstić information content (AvgIpc) is 2.00. The summed E-state index contributed by atoms with van der Waals surface area (Å²) in [4.78, 5) is 16.0. The molecule has 0 heterocycles. The Hall–Kier alpha value is -1.08. The van der Waals surface area contributed by atoms with E-state index in [1.54, 1.807) is 6.92 Å². The van der Waals surface area contributed by atoms with Gasteiger partial charge in [0.2, 0.25) is 0 Å². The van der Waals surface area contributed by atoms with Crippen molar-refractivity contribution >= 4 is 5.91 Å². The van der Waals surface area contributed by atoms with E-state index in [-0.39, 0.29) is 12.0 Å². The first-order valence-corrected chi connectivity index (χ1v) is 4.09. The van der Waals surface area contributed by atoms with Crippen LogP contribution in [0.2, 0.25) is 0 Å². The summed E-state index contributed by atoms with van der Waals surface area (Å²) in [6.07, 6.45) is 3.33. The molecule has 0 aliphatic heterocycles. The number of amides is 1. The van der Waals surface area contributed by atoms with Gasteiger partial charge in [-0.15, -0.1) is 0 Å². The largest absolute Gasteiger partial charge is 0.271 e. The standard InChI is InChI=1S/C8H12N2O2/c1-6(5-9)8(11)10-12-7-3-2-4-7/h6-7H,2-4H2,1H3,(H,10,11). The van der Waals surface area contributed by atoms with Gasteiger partial charge in [0.1, 0.15) is 5.92 Å². The SMILES string of the molecule is CC(C#N)C(=O)NOC1CCC1. The fourth-order valence-electron chi connectivity index (χ4n) is 0.777. The van der Waals surface area contributed by atoms with Crippen LogP contribution < -0.4 is 5.48 Å². The van der Waals surface area contributed by atoms with E-state index in [0.29, 0.717) is 0 Å². The highest BCUT2D eigenvalue weighted by Crippen LogP contribution is 2.20. The summed E-state index contributed by atoms with van der Waals surface area (Å²) in [7, 11) is 0. The van der Waals surface area contributed by atoms with E-state index in [1.165, 1.54) is 0 Å². The van der Waals surface area contributed by atoms with Crippen molar-refractivity contribution in [2.45, 2.75) is 32.3 Å². The molecular weight excluding hydrogens is 156 g/mol. The molecule has 0 aromatic heterocycles. The molecule has 1 aliphatic carbocycles. The van der Waals surface area contributed by atoms with Crippen molar-refractivity contribution in [3.63, 3.8) is 0 Å². The number of nitrogens with one attached hydrogen (secondary N) is 1. The van der Waals surface area contributed by atoms with Crippen LogP contribution >= 0.6 is 0 Å². The zero-order valence-electron chi connectivity index (χ0n) is 7.04. The van der Waals surface area contributed by atoms with E-state index in [0.717, 1.165) is 19.3 Å². The predicted octanol–water partition coefficient (Wildman–Crippen LogP) is 0.746. The maximum absolute atomic E-state index is 11.0. The summed E-state index contributed by atoms with van der Waals surface area (Å²) in [5.41, 5.74) is 2.27. The highest BCUT2D eigenvalue weighted by Gasteiger charge is 2.20. The van der Waals surface area contributed by atoms with Gasteiger partial charge in [-0.1, -0.05) is 0 Å². The molecule has 1 N–H and O–H groups in total. The highest BCUT2D eigenvalue weighted by molar-refractivity contribution is 5.79. The smallest absolute Gasteiger partial charge is 0.260 e. The lowest BCUT2D eigenvalue weighted by Crippen LogP contribution is -2.35. The second-order valence-electron chi connectivity index (χ2n) is 2.99. The minimum Gasteiger partial charge on any atom is -0.271 e. The lowest BCUT2D eigenvalue weighted by Gasteiger charge is -2.24. The van der Waals surface area contributed by atoms with Crippen LogP contribution in [0.15, 0.2) is 0 Å². The zero-order chi connectivity index (χ0) is 8.97. The normalized spacial score (nSPS) is 19.0. The van der Waals surface area contributed by atoms with Crippen molar-refractivity contribution in [1.29, 1.82) is 5.26 Å². The maximum Gasteiger partial charge on any atom is 0.260 e. The van der Waals surface area contributed by atoms with Gasteiger partial charge in [-0.05, 0) is 26.2 Å². The summed E-state index contributed by atoms with van der Waals surface area (Å²) in [6, 6.07) is 1.83. The second-order valence-corrected chi connectivity index (χ2v) is 2.99. The Kier molecular flexibility index (Phi) is 3.06. The number of hydrogen-bond donors (Lipinski definition) is 1. The van der Waals surface area contributed by atoms with Gasteiger partial charge >= 0.3 is 0 Å². The molecule has 1 fully saturated rings. The van der Waals surface area contributed by atoms with Gasteiger partial charge in [0, 0.05) is 0 Å². The van der Waals surface area contributed by atoms with Gasteiger partial charge in [-0.2, -0.15) is 5.26 Å². The number of carbonyl (C=O) groups excluding carboxylic acids is 1. The first-order chi connectivity index (χ1) is 5.74. The van der Waals surface area contributed by atoms with E-state index in [9.17, 15) is 4.79 Å². The molecule has 1 rings (SSSR count). The van der Waals surface area contributed by atoms with Crippen molar-refractivity contribution in [2.75, 3.05) is 0 Å². The Morgan fingerprint density at radius 2 is 2.42 bits per heavy atom. The van der Waals surface area contributed by atoms with Crippen molar-refractivity contribution in [2.24, 2.45) is 5.92 Å². The second kappa shape index (κ2) is 4.07. The van der Waals surface area contributed by atoms with Gasteiger partial charge in [0.05, 0.1) is 12.2 Å². The Balaban J connectivity index is 2.14. The first-order valence-electron chi connectivity index (χ1n) is 4.09. The van der Waals surface area contributed by atoms with Crippen molar-refractivity contribution < 1.29 is 9.63 Å². The molecule has 0 aromatic carbocycles. The minimum atomic E-state index is -0.634. The molecule has 4 heteroatoms. The Labute approximate surface area is 71.5 Å². The third kappa shape index (κ3) is 2.21. The van der Waals surface area contributed by atoms with Gasteiger partial charge < -0.3 is 0 Å². The number of carbonyl (C=O) groups is 1. The number of hydroxylamine groups is 1. The van der Waals surface area contributed by atoms with E-state index in [1.807, 2.05) is 6.07 Å². The Morgan fingerprint density at radius 1 is 1.75 bits per heavy atom. The van der Waals surface area contributed by atoms with Crippen LogP contribution in [0.5, 0.6) is 0 Å². The van der Waals surface area contributed by atoms with Gasteiger partial charge in [0.15, 0.2) is 0 Å². The summed E-state index contributed by atoms with van der Waals surface area (Å²) in [6.45, 7) is 1.54. The third-order valence-electron chi connectivity index (χ3n) is 1.97. The zero-order valence-corrected chi connectivity index (χ0v) is 7.04. The topological polar surface area (TPSA) is 62.1 Å². The van der Waals surface area contributed by atoms with Crippen LogP contribution in [0.1, 0.15) is 26.2 Å². The fraction of sp³-hybridized carbons (Fsp3) is 0.750. The van der Waals surface area contributed by atoms with E-state index < -0.39 is 5.92 Å². The average molecular weight is 168 g/mol. The predicted molar refractivity (Wildman–Crippen MR) is 41.6 cm³/mol.